The molecule has 3 heterocycles. The number of carbonyl (C=O) groups is 1. The molecule has 4 rings (SSSR count). The van der Waals surface area contributed by atoms with Gasteiger partial charge in [0.15, 0.2) is 0 Å². The van der Waals surface area contributed by atoms with E-state index < -0.39 is 0 Å². The minimum atomic E-state index is 0. The fourth-order valence-corrected chi connectivity index (χ4v) is 3.75. The quantitative estimate of drug-likeness (QED) is 0.882. The Hall–Kier alpha value is -1.82. The van der Waals surface area contributed by atoms with Gasteiger partial charge in [-0.05, 0) is 24.1 Å². The van der Waals surface area contributed by atoms with Crippen molar-refractivity contribution in [2.45, 2.75) is 12.5 Å². The summed E-state index contributed by atoms with van der Waals surface area (Å²) in [7, 11) is 0. The standard InChI is InChI=1S/C19H24N4O.ClH/c24-19(18-7-6-17(21-18)15-4-2-1-3-5-15)23-11-8-16(14-23)22-12-9-20-10-13-22;/h1-7,16,20-21H,8-14H2;1H. The number of hydrogen-bond acceptors (Lipinski definition) is 3. The fraction of sp³-hybridized carbons (Fsp3) is 0.421. The Morgan fingerprint density at radius 1 is 1.00 bits per heavy atom. The minimum absolute atomic E-state index is 0. The van der Waals surface area contributed by atoms with Gasteiger partial charge >= 0.3 is 0 Å². The number of hydrogen-bond donors (Lipinski definition) is 2. The van der Waals surface area contributed by atoms with Crippen molar-refractivity contribution in [1.82, 2.24) is 20.1 Å². The third-order valence-electron chi connectivity index (χ3n) is 5.12. The van der Waals surface area contributed by atoms with Crippen molar-refractivity contribution < 1.29 is 4.79 Å². The molecule has 0 spiro atoms. The zero-order valence-corrected chi connectivity index (χ0v) is 15.1. The van der Waals surface area contributed by atoms with Gasteiger partial charge in [0.25, 0.3) is 5.91 Å². The number of halogens is 1. The molecule has 0 aliphatic carbocycles. The lowest BCUT2D eigenvalue weighted by atomic mass is 10.2. The summed E-state index contributed by atoms with van der Waals surface area (Å²) in [4.78, 5) is 20.6. The van der Waals surface area contributed by atoms with E-state index in [9.17, 15) is 4.79 Å². The Balaban J connectivity index is 0.00000182. The van der Waals surface area contributed by atoms with Gasteiger partial charge in [0.2, 0.25) is 0 Å². The average molecular weight is 361 g/mol. The van der Waals surface area contributed by atoms with Gasteiger partial charge in [0.1, 0.15) is 5.69 Å². The second kappa shape index (κ2) is 8.04. The Kier molecular flexibility index (Phi) is 5.78. The third-order valence-corrected chi connectivity index (χ3v) is 5.12. The Labute approximate surface area is 154 Å². The van der Waals surface area contributed by atoms with Gasteiger partial charge < -0.3 is 15.2 Å². The molecule has 1 aromatic carbocycles. The number of aromatic amines is 1. The van der Waals surface area contributed by atoms with Crippen LogP contribution in [0.15, 0.2) is 42.5 Å². The molecule has 2 fully saturated rings. The highest BCUT2D eigenvalue weighted by Crippen LogP contribution is 2.21. The normalized spacial score (nSPS) is 21.1. The molecule has 0 saturated carbocycles. The van der Waals surface area contributed by atoms with Gasteiger partial charge in [-0.25, -0.2) is 0 Å². The van der Waals surface area contributed by atoms with Crippen molar-refractivity contribution in [3.8, 4) is 11.3 Å². The van der Waals surface area contributed by atoms with Crippen LogP contribution < -0.4 is 5.32 Å². The minimum Gasteiger partial charge on any atom is -0.351 e. The van der Waals surface area contributed by atoms with Crippen LogP contribution in [0.25, 0.3) is 11.3 Å². The predicted octanol–water partition coefficient (Wildman–Crippen LogP) is 2.22. The number of carbonyl (C=O) groups excluding carboxylic acids is 1. The number of benzene rings is 1. The van der Waals surface area contributed by atoms with Crippen molar-refractivity contribution in [2.24, 2.45) is 0 Å². The lowest BCUT2D eigenvalue weighted by Gasteiger charge is -2.32. The highest BCUT2D eigenvalue weighted by atomic mass is 35.5. The van der Waals surface area contributed by atoms with Crippen LogP contribution in [-0.2, 0) is 0 Å². The van der Waals surface area contributed by atoms with Crippen molar-refractivity contribution in [1.29, 1.82) is 0 Å². The Morgan fingerprint density at radius 2 is 1.76 bits per heavy atom. The first-order chi connectivity index (χ1) is 11.8. The van der Waals surface area contributed by atoms with Crippen molar-refractivity contribution in [3.63, 3.8) is 0 Å². The fourth-order valence-electron chi connectivity index (χ4n) is 3.75. The Morgan fingerprint density at radius 3 is 2.52 bits per heavy atom. The summed E-state index contributed by atoms with van der Waals surface area (Å²) in [5, 5.41) is 3.39. The topological polar surface area (TPSA) is 51.4 Å². The van der Waals surface area contributed by atoms with E-state index >= 15 is 0 Å². The number of piperazine rings is 1. The molecule has 1 unspecified atom stereocenters. The average Bonchev–Trinajstić information content (AvgIpc) is 3.33. The van der Waals surface area contributed by atoms with Crippen LogP contribution in [0.5, 0.6) is 0 Å². The highest BCUT2D eigenvalue weighted by Gasteiger charge is 2.31. The molecule has 1 aromatic heterocycles. The SMILES string of the molecule is Cl.O=C(c1ccc(-c2ccccc2)[nH]1)N1CCC(N2CCNCC2)C1. The summed E-state index contributed by atoms with van der Waals surface area (Å²) in [6.07, 6.45) is 1.08. The zero-order valence-electron chi connectivity index (χ0n) is 14.3. The van der Waals surface area contributed by atoms with Crippen LogP contribution in [-0.4, -0.2) is 66.0 Å². The molecule has 2 aliphatic rings. The Bertz CT molecular complexity index is 696. The molecule has 1 atom stereocenters. The van der Waals surface area contributed by atoms with E-state index in [1.165, 1.54) is 0 Å². The molecule has 134 valence electrons. The lowest BCUT2D eigenvalue weighted by molar-refractivity contribution is 0.0768. The maximum absolute atomic E-state index is 12.8. The second-order valence-electron chi connectivity index (χ2n) is 6.63. The van der Waals surface area contributed by atoms with Crippen molar-refractivity contribution >= 4 is 18.3 Å². The van der Waals surface area contributed by atoms with E-state index in [4.69, 9.17) is 0 Å². The number of nitrogens with zero attached hydrogens (tertiary/aromatic N) is 2. The number of aromatic nitrogens is 1. The first-order valence-electron chi connectivity index (χ1n) is 8.80. The first kappa shape index (κ1) is 18.0. The van der Waals surface area contributed by atoms with Crippen LogP contribution in [0.3, 0.4) is 0 Å². The van der Waals surface area contributed by atoms with E-state index in [0.717, 1.165) is 56.9 Å². The molecule has 6 heteroatoms. The van der Waals surface area contributed by atoms with E-state index in [-0.39, 0.29) is 18.3 Å². The number of nitrogens with one attached hydrogen (secondary N) is 2. The van der Waals surface area contributed by atoms with Gasteiger partial charge in [-0.1, -0.05) is 30.3 Å². The first-order valence-corrected chi connectivity index (χ1v) is 8.80. The molecule has 2 aliphatic heterocycles. The molecule has 2 aromatic rings. The smallest absolute Gasteiger partial charge is 0.270 e. The predicted molar refractivity (Wildman–Crippen MR) is 102 cm³/mol. The molecule has 2 saturated heterocycles. The lowest BCUT2D eigenvalue weighted by Crippen LogP contribution is -2.49. The second-order valence-corrected chi connectivity index (χ2v) is 6.63. The molecule has 25 heavy (non-hydrogen) atoms. The van der Waals surface area contributed by atoms with Crippen LogP contribution in [0.2, 0.25) is 0 Å². The van der Waals surface area contributed by atoms with Crippen molar-refractivity contribution in [2.75, 3.05) is 39.3 Å². The van der Waals surface area contributed by atoms with Gasteiger partial charge in [0.05, 0.1) is 0 Å². The summed E-state index contributed by atoms with van der Waals surface area (Å²) in [6.45, 7) is 6.00. The number of amides is 1. The highest BCUT2D eigenvalue weighted by molar-refractivity contribution is 5.93. The summed E-state index contributed by atoms with van der Waals surface area (Å²) in [5.74, 6) is 0.120. The van der Waals surface area contributed by atoms with Gasteiger partial charge in [0, 0.05) is 51.0 Å². The maximum Gasteiger partial charge on any atom is 0.270 e. The van der Waals surface area contributed by atoms with Crippen molar-refractivity contribution in [3.05, 3.63) is 48.2 Å². The summed E-state index contributed by atoms with van der Waals surface area (Å²) in [5.41, 5.74) is 2.79. The van der Waals surface area contributed by atoms with E-state index in [2.05, 4.69) is 27.3 Å². The van der Waals surface area contributed by atoms with E-state index in [1.807, 2.05) is 35.2 Å². The van der Waals surface area contributed by atoms with Crippen LogP contribution in [0.4, 0.5) is 0 Å². The summed E-state index contributed by atoms with van der Waals surface area (Å²) in [6, 6.07) is 14.5. The summed E-state index contributed by atoms with van der Waals surface area (Å²) >= 11 is 0. The van der Waals surface area contributed by atoms with E-state index in [1.54, 1.807) is 0 Å². The van der Waals surface area contributed by atoms with Crippen LogP contribution in [0, 0.1) is 0 Å². The van der Waals surface area contributed by atoms with Crippen LogP contribution >= 0.6 is 12.4 Å². The van der Waals surface area contributed by atoms with Crippen LogP contribution in [0.1, 0.15) is 16.9 Å². The van der Waals surface area contributed by atoms with Gasteiger partial charge in [-0.3, -0.25) is 9.69 Å². The molecule has 1 amide bonds. The molecule has 0 radical (unpaired) electrons. The van der Waals surface area contributed by atoms with Gasteiger partial charge in [-0.2, -0.15) is 0 Å². The molecule has 0 bridgehead atoms. The molecule has 5 nitrogen and oxygen atoms in total. The molecular formula is C19H25ClN4O. The summed E-state index contributed by atoms with van der Waals surface area (Å²) < 4.78 is 0. The zero-order chi connectivity index (χ0) is 16.4. The van der Waals surface area contributed by atoms with E-state index in [0.29, 0.717) is 11.7 Å². The molecule has 2 N–H and O–H groups in total. The number of rotatable bonds is 3. The largest absolute Gasteiger partial charge is 0.351 e. The van der Waals surface area contributed by atoms with Gasteiger partial charge in [-0.15, -0.1) is 12.4 Å². The number of likely N-dealkylation sites (tertiary alicyclic amines) is 1. The number of H-pyrrole nitrogens is 1. The molecular weight excluding hydrogens is 336 g/mol. The monoisotopic (exact) mass is 360 g/mol. The maximum atomic E-state index is 12.8. The third kappa shape index (κ3) is 3.89.